The minimum absolute atomic E-state index is 0.870. The summed E-state index contributed by atoms with van der Waals surface area (Å²) in [6.45, 7) is 8.60. The Hall–Kier alpha value is -13.8. The van der Waals surface area contributed by atoms with Crippen LogP contribution in [0.4, 0.5) is 0 Å². The molecular weight excluding hydrogens is 1310 g/mol. The summed E-state index contributed by atoms with van der Waals surface area (Å²) < 4.78 is 0. The molecule has 0 saturated heterocycles. The fraction of sp³-hybridized carbons (Fsp3) is 0.0385. The van der Waals surface area contributed by atoms with Crippen LogP contribution in [0.25, 0.3) is 221 Å². The molecule has 0 amide bonds. The molecule has 0 fully saturated rings. The average molecular weight is 1380 g/mol. The maximum atomic E-state index is 6.43. The van der Waals surface area contributed by atoms with E-state index in [0.29, 0.717) is 0 Å². The minimum atomic E-state index is 0.870. The van der Waals surface area contributed by atoms with Gasteiger partial charge < -0.3 is 9.97 Å². The highest BCUT2D eigenvalue weighted by Gasteiger charge is 2.32. The fourth-order valence-corrected chi connectivity index (χ4v) is 17.0. The number of aromatic amines is 2. The molecule has 0 saturated carbocycles. The largest absolute Gasteiger partial charge is 0.353 e. The molecule has 2 N–H and O–H groups in total. The quantitative estimate of drug-likeness (QED) is 0.159. The van der Waals surface area contributed by atoms with E-state index in [9.17, 15) is 0 Å². The zero-order valence-electron chi connectivity index (χ0n) is 60.2. The second kappa shape index (κ2) is 24.9. The first-order valence-electron chi connectivity index (χ1n) is 37.4. The van der Waals surface area contributed by atoms with Gasteiger partial charge in [0.15, 0.2) is 0 Å². The molecule has 18 aromatic rings. The molecule has 0 spiro atoms. The number of aryl methyl sites for hydroxylation is 4. The van der Waals surface area contributed by atoms with Gasteiger partial charge in [0, 0.05) is 66.1 Å². The third-order valence-electron chi connectivity index (χ3n) is 22.8. The Morgan fingerprint density at radius 1 is 0.176 bits per heavy atom. The van der Waals surface area contributed by atoms with Gasteiger partial charge in [-0.25, -0.2) is 9.97 Å². The van der Waals surface area contributed by atoms with Crippen molar-refractivity contribution < 1.29 is 0 Å². The Labute approximate surface area is 626 Å². The SMILES string of the molecule is Cc1ccc(-c2ccc(-c3c4nc(c(-c5ccc(-c6ccc(C)cc6)cc5)c5[nH]c(c(-c6ccc(-c7ccc(C)cc7)cc6)c6nc(c(-c7ccc(-c8ccc(C)cc8)cc7)c7[nH]c3c3cc8ccccc8cc73)-c3cc7ccccc7cc3-6)c3cc6ccccc6cc53)-c3cc5ccccc5cc3-4)cc2)cc1. The molecular formula is C104H70N4. The van der Waals surface area contributed by atoms with E-state index in [1.54, 1.807) is 0 Å². The van der Waals surface area contributed by atoms with Gasteiger partial charge in [-0.2, -0.15) is 0 Å². The normalized spacial score (nSPS) is 11.9. The lowest BCUT2D eigenvalue weighted by atomic mass is 9.90. The maximum Gasteiger partial charge on any atom is 0.0816 e. The van der Waals surface area contributed by atoms with Gasteiger partial charge in [0.25, 0.3) is 0 Å². The van der Waals surface area contributed by atoms with Crippen molar-refractivity contribution in [3.05, 3.63) is 362 Å². The van der Waals surface area contributed by atoms with E-state index in [1.807, 2.05) is 0 Å². The molecule has 2 aliphatic heterocycles. The second-order valence-electron chi connectivity index (χ2n) is 29.6. The Morgan fingerprint density at radius 3 is 0.519 bits per heavy atom. The molecule has 21 rings (SSSR count). The zero-order chi connectivity index (χ0) is 71.8. The zero-order valence-corrected chi connectivity index (χ0v) is 60.2. The lowest BCUT2D eigenvalue weighted by Crippen LogP contribution is -1.89. The first kappa shape index (κ1) is 62.7. The number of rotatable bonds is 8. The first-order valence-corrected chi connectivity index (χ1v) is 37.4. The smallest absolute Gasteiger partial charge is 0.0816 e. The van der Waals surface area contributed by atoms with E-state index in [0.717, 1.165) is 221 Å². The van der Waals surface area contributed by atoms with Gasteiger partial charge in [-0.3, -0.25) is 0 Å². The van der Waals surface area contributed by atoms with E-state index in [2.05, 4.69) is 377 Å². The predicted octanol–water partition coefficient (Wildman–Crippen LogP) is 28.5. The Kier molecular flexibility index (Phi) is 14.5. The predicted molar refractivity (Wildman–Crippen MR) is 457 cm³/mol. The van der Waals surface area contributed by atoms with Crippen molar-refractivity contribution in [1.29, 1.82) is 0 Å². The van der Waals surface area contributed by atoms with Crippen molar-refractivity contribution >= 4 is 86.7 Å². The second-order valence-corrected chi connectivity index (χ2v) is 29.6. The third-order valence-corrected chi connectivity index (χ3v) is 22.8. The van der Waals surface area contributed by atoms with Crippen molar-refractivity contribution in [3.63, 3.8) is 0 Å². The number of hydrogen-bond donors (Lipinski definition) is 2. The molecule has 4 nitrogen and oxygen atoms in total. The lowest BCUT2D eigenvalue weighted by molar-refractivity contribution is 1.39. The number of hydrogen-bond acceptors (Lipinski definition) is 2. The molecule has 0 radical (unpaired) electrons. The highest BCUT2D eigenvalue weighted by atomic mass is 14.8. The van der Waals surface area contributed by atoms with Crippen molar-refractivity contribution in [2.45, 2.75) is 27.7 Å². The number of H-pyrrole nitrogens is 2. The van der Waals surface area contributed by atoms with Gasteiger partial charge in [0.2, 0.25) is 0 Å². The first-order chi connectivity index (χ1) is 53.1. The van der Waals surface area contributed by atoms with E-state index >= 15 is 0 Å². The average Bonchev–Trinajstić information content (AvgIpc) is 1.55. The van der Waals surface area contributed by atoms with Crippen molar-refractivity contribution in [3.8, 4) is 134 Å². The molecule has 16 aromatic carbocycles. The van der Waals surface area contributed by atoms with Crippen LogP contribution in [-0.2, 0) is 0 Å². The number of aromatic nitrogens is 4. The lowest BCUT2D eigenvalue weighted by Gasteiger charge is -2.12. The van der Waals surface area contributed by atoms with Crippen LogP contribution < -0.4 is 0 Å². The summed E-state index contributed by atoms with van der Waals surface area (Å²) >= 11 is 0. The minimum Gasteiger partial charge on any atom is -0.353 e. The molecule has 108 heavy (non-hydrogen) atoms. The van der Waals surface area contributed by atoms with Gasteiger partial charge in [-0.05, 0) is 186 Å². The molecule has 3 aliphatic rings. The summed E-state index contributed by atoms with van der Waals surface area (Å²) in [5.41, 5.74) is 33.6. The third kappa shape index (κ3) is 10.5. The molecule has 0 unspecified atom stereocenters. The van der Waals surface area contributed by atoms with Gasteiger partial charge in [-0.15, -0.1) is 0 Å². The number of benzene rings is 16. The molecule has 506 valence electrons. The summed E-state index contributed by atoms with van der Waals surface area (Å²) in [7, 11) is 0. The molecule has 2 aromatic heterocycles. The van der Waals surface area contributed by atoms with Gasteiger partial charge in [0.05, 0.1) is 44.8 Å². The van der Waals surface area contributed by atoms with Gasteiger partial charge in [0.1, 0.15) is 0 Å². The summed E-state index contributed by atoms with van der Waals surface area (Å²) in [5, 5.41) is 13.4. The van der Waals surface area contributed by atoms with E-state index < -0.39 is 0 Å². The van der Waals surface area contributed by atoms with E-state index in [-0.39, 0.29) is 0 Å². The Balaban J connectivity index is 1.02. The van der Waals surface area contributed by atoms with Crippen molar-refractivity contribution in [2.75, 3.05) is 0 Å². The summed E-state index contributed by atoms with van der Waals surface area (Å²) in [6.07, 6.45) is 0. The van der Waals surface area contributed by atoms with Crippen LogP contribution in [0.3, 0.4) is 0 Å². The molecule has 4 heteroatoms. The topological polar surface area (TPSA) is 57.4 Å². The summed E-state index contributed by atoms with van der Waals surface area (Å²) in [6, 6.07) is 127. The summed E-state index contributed by atoms with van der Waals surface area (Å²) in [4.78, 5) is 21.8. The maximum absolute atomic E-state index is 6.43. The van der Waals surface area contributed by atoms with Crippen LogP contribution in [-0.4, -0.2) is 19.9 Å². The van der Waals surface area contributed by atoms with Crippen LogP contribution >= 0.6 is 0 Å². The molecule has 1 aliphatic carbocycles. The molecule has 0 atom stereocenters. The highest BCUT2D eigenvalue weighted by Crippen LogP contribution is 2.54. The van der Waals surface area contributed by atoms with Crippen LogP contribution in [0.15, 0.2) is 340 Å². The fourth-order valence-electron chi connectivity index (χ4n) is 17.0. The Bertz CT molecular complexity index is 6250. The number of nitrogens with one attached hydrogen (secondary N) is 2. The van der Waals surface area contributed by atoms with Gasteiger partial charge >= 0.3 is 0 Å². The van der Waals surface area contributed by atoms with Crippen LogP contribution in [0.1, 0.15) is 22.3 Å². The van der Waals surface area contributed by atoms with E-state index in [1.165, 1.54) is 22.3 Å². The van der Waals surface area contributed by atoms with Crippen molar-refractivity contribution in [2.24, 2.45) is 0 Å². The monoisotopic (exact) mass is 1370 g/mol. The highest BCUT2D eigenvalue weighted by molar-refractivity contribution is 6.25. The van der Waals surface area contributed by atoms with Crippen LogP contribution in [0, 0.1) is 27.7 Å². The number of nitrogens with zero attached hydrogens (tertiary/aromatic N) is 2. The van der Waals surface area contributed by atoms with Crippen LogP contribution in [0.5, 0.6) is 0 Å². The number of fused-ring (bicyclic) bond motifs is 4. The van der Waals surface area contributed by atoms with E-state index in [4.69, 9.17) is 9.97 Å². The van der Waals surface area contributed by atoms with Crippen molar-refractivity contribution in [1.82, 2.24) is 19.9 Å². The molecule has 4 heterocycles. The molecule has 8 bridgehead atoms. The van der Waals surface area contributed by atoms with Crippen LogP contribution in [0.2, 0.25) is 0 Å². The van der Waals surface area contributed by atoms with Gasteiger partial charge in [-0.1, -0.05) is 313 Å². The summed E-state index contributed by atoms with van der Waals surface area (Å²) in [5.74, 6) is 0. The standard InChI is InChI=1S/C104H70N4/c1-61-21-29-65(30-22-61)69-37-45-73(46-38-69)93-97-85-53-77-13-5-7-15-79(77)55-87(85)99(105-97)94(74-47-39-70(40-48-74)66-31-23-62(2)24-32-66)101-89-57-81-17-9-11-19-83(81)59-91(89)103(107-101)96(76-51-43-72(44-52-76)68-35-27-64(4)28-36-68)104-92-60-84-20-12-10-18-82(84)58-90(92)102(108-104)95(75-49-41-71(42-50-75)67-33-25-63(3)26-34-67)100-88-56-80-16-8-6-14-78(80)54-86(88)98(93)106-100/h5-60,105,108H,1-4H3. The Morgan fingerprint density at radius 2 is 0.333 bits per heavy atom.